The van der Waals surface area contributed by atoms with E-state index in [2.05, 4.69) is 5.10 Å². The van der Waals surface area contributed by atoms with Gasteiger partial charge < -0.3 is 9.64 Å². The second-order valence-corrected chi connectivity index (χ2v) is 7.39. The Labute approximate surface area is 166 Å². The molecule has 150 valence electrons. The zero-order chi connectivity index (χ0) is 20.1. The maximum absolute atomic E-state index is 12.8. The minimum absolute atomic E-state index is 0.112. The Kier molecular flexibility index (Phi) is 6.49. The number of ether oxygens (including phenoxy) is 1. The third-order valence-corrected chi connectivity index (χ3v) is 5.50. The van der Waals surface area contributed by atoms with E-state index in [0.29, 0.717) is 12.8 Å². The summed E-state index contributed by atoms with van der Waals surface area (Å²) < 4.78 is 6.61. The highest BCUT2D eigenvalue weighted by Crippen LogP contribution is 2.21. The van der Waals surface area contributed by atoms with Crippen molar-refractivity contribution in [3.05, 3.63) is 46.8 Å². The van der Waals surface area contributed by atoms with E-state index in [0.717, 1.165) is 54.1 Å². The summed E-state index contributed by atoms with van der Waals surface area (Å²) in [6.07, 6.45) is 5.54. The van der Waals surface area contributed by atoms with Crippen LogP contribution in [-0.4, -0.2) is 46.8 Å². The molecule has 0 unspecified atom stereocenters. The summed E-state index contributed by atoms with van der Waals surface area (Å²) in [4.78, 5) is 26.2. The third-order valence-electron chi connectivity index (χ3n) is 5.50. The van der Waals surface area contributed by atoms with Gasteiger partial charge in [0.25, 0.3) is 5.91 Å². The number of rotatable bonds is 5. The highest BCUT2D eigenvalue weighted by atomic mass is 16.5. The Morgan fingerprint density at radius 3 is 2.29 bits per heavy atom. The van der Waals surface area contributed by atoms with E-state index in [1.54, 1.807) is 0 Å². The van der Waals surface area contributed by atoms with Gasteiger partial charge in [0.15, 0.2) is 0 Å². The Morgan fingerprint density at radius 2 is 1.68 bits per heavy atom. The number of methoxy groups -OCH3 is 1. The number of aromatic nitrogens is 2. The van der Waals surface area contributed by atoms with Gasteiger partial charge in [-0.3, -0.25) is 9.59 Å². The number of aryl methyl sites for hydroxylation is 1. The molecule has 1 aromatic carbocycles. The lowest BCUT2D eigenvalue weighted by Gasteiger charge is -2.20. The lowest BCUT2D eigenvalue weighted by molar-refractivity contribution is -0.140. The molecule has 3 rings (SSSR count). The van der Waals surface area contributed by atoms with Crippen LogP contribution in [0.4, 0.5) is 0 Å². The van der Waals surface area contributed by atoms with Crippen molar-refractivity contribution in [1.29, 1.82) is 0 Å². The molecule has 28 heavy (non-hydrogen) atoms. The van der Waals surface area contributed by atoms with Gasteiger partial charge in [-0.2, -0.15) is 5.10 Å². The number of esters is 1. The zero-order valence-corrected chi connectivity index (χ0v) is 17.0. The summed E-state index contributed by atoms with van der Waals surface area (Å²) in [7, 11) is 1.40. The molecule has 6 nitrogen and oxygen atoms in total. The van der Waals surface area contributed by atoms with E-state index in [1.807, 2.05) is 47.7 Å². The van der Waals surface area contributed by atoms with E-state index >= 15 is 0 Å². The SMILES string of the molecule is COC(=O)CCc1c(C)nn(-c2ccc(C(=O)N3CCCCCC3)cc2)c1C. The fourth-order valence-electron chi connectivity index (χ4n) is 3.82. The van der Waals surface area contributed by atoms with E-state index in [9.17, 15) is 9.59 Å². The number of amides is 1. The summed E-state index contributed by atoms with van der Waals surface area (Å²) >= 11 is 0. The Morgan fingerprint density at radius 1 is 1.04 bits per heavy atom. The average molecular weight is 383 g/mol. The van der Waals surface area contributed by atoms with E-state index in [-0.39, 0.29) is 11.9 Å². The number of hydrogen-bond acceptors (Lipinski definition) is 4. The lowest BCUT2D eigenvalue weighted by atomic mass is 10.1. The molecule has 2 aromatic rings. The van der Waals surface area contributed by atoms with Crippen molar-refractivity contribution in [3.8, 4) is 5.69 Å². The van der Waals surface area contributed by atoms with Crippen molar-refractivity contribution in [2.45, 2.75) is 52.4 Å². The van der Waals surface area contributed by atoms with Gasteiger partial charge in [-0.1, -0.05) is 12.8 Å². The molecule has 1 aromatic heterocycles. The minimum Gasteiger partial charge on any atom is -0.469 e. The number of likely N-dealkylation sites (tertiary alicyclic amines) is 1. The lowest BCUT2D eigenvalue weighted by Crippen LogP contribution is -2.31. The van der Waals surface area contributed by atoms with Crippen LogP contribution in [-0.2, 0) is 16.0 Å². The first kappa shape index (κ1) is 20.1. The number of benzene rings is 1. The highest BCUT2D eigenvalue weighted by Gasteiger charge is 2.18. The molecule has 1 amide bonds. The quantitative estimate of drug-likeness (QED) is 0.740. The van der Waals surface area contributed by atoms with Gasteiger partial charge in [-0.25, -0.2) is 4.68 Å². The Bertz CT molecular complexity index is 831. The van der Waals surface area contributed by atoms with Gasteiger partial charge >= 0.3 is 5.97 Å². The van der Waals surface area contributed by atoms with E-state index in [4.69, 9.17) is 4.74 Å². The highest BCUT2D eigenvalue weighted by molar-refractivity contribution is 5.94. The molecule has 6 heteroatoms. The van der Waals surface area contributed by atoms with Gasteiger partial charge in [0.1, 0.15) is 0 Å². The average Bonchev–Trinajstić information content (AvgIpc) is 2.89. The summed E-state index contributed by atoms with van der Waals surface area (Å²) in [6.45, 7) is 5.65. The largest absolute Gasteiger partial charge is 0.469 e. The molecule has 0 N–H and O–H groups in total. The molecule has 1 aliphatic rings. The number of carbonyl (C=O) groups is 2. The van der Waals surface area contributed by atoms with Crippen LogP contribution in [0.2, 0.25) is 0 Å². The summed E-state index contributed by atoms with van der Waals surface area (Å²) in [5.41, 5.74) is 4.62. The minimum atomic E-state index is -0.220. The van der Waals surface area contributed by atoms with Crippen molar-refractivity contribution >= 4 is 11.9 Å². The zero-order valence-electron chi connectivity index (χ0n) is 17.0. The maximum Gasteiger partial charge on any atom is 0.305 e. The molecule has 0 aliphatic carbocycles. The second kappa shape index (κ2) is 9.04. The summed E-state index contributed by atoms with van der Waals surface area (Å²) in [5, 5.41) is 4.63. The fraction of sp³-hybridized carbons (Fsp3) is 0.500. The number of hydrogen-bond donors (Lipinski definition) is 0. The number of nitrogens with zero attached hydrogens (tertiary/aromatic N) is 3. The van der Waals surface area contributed by atoms with Crippen molar-refractivity contribution < 1.29 is 14.3 Å². The van der Waals surface area contributed by atoms with Gasteiger partial charge in [-0.15, -0.1) is 0 Å². The van der Waals surface area contributed by atoms with E-state index in [1.165, 1.54) is 20.0 Å². The third kappa shape index (κ3) is 4.43. The van der Waals surface area contributed by atoms with E-state index < -0.39 is 0 Å². The van der Waals surface area contributed by atoms with Crippen molar-refractivity contribution in [3.63, 3.8) is 0 Å². The molecule has 1 aliphatic heterocycles. The molecule has 0 bridgehead atoms. The Hall–Kier alpha value is -2.63. The molecule has 2 heterocycles. The van der Waals surface area contributed by atoms with Crippen LogP contribution in [0.5, 0.6) is 0 Å². The van der Waals surface area contributed by atoms with Crippen LogP contribution < -0.4 is 0 Å². The second-order valence-electron chi connectivity index (χ2n) is 7.39. The Balaban J connectivity index is 1.76. The van der Waals surface area contributed by atoms with Crippen LogP contribution in [0, 0.1) is 13.8 Å². The summed E-state index contributed by atoms with van der Waals surface area (Å²) in [6, 6.07) is 7.64. The first-order chi connectivity index (χ1) is 13.5. The van der Waals surface area contributed by atoms with Crippen molar-refractivity contribution in [2.75, 3.05) is 20.2 Å². The molecule has 0 saturated carbocycles. The molecule has 1 fully saturated rings. The molecule has 0 radical (unpaired) electrons. The molecule has 1 saturated heterocycles. The molecular formula is C22H29N3O3. The fourth-order valence-corrected chi connectivity index (χ4v) is 3.82. The van der Waals surface area contributed by atoms with Gasteiger partial charge in [0.05, 0.1) is 18.5 Å². The smallest absolute Gasteiger partial charge is 0.305 e. The predicted octanol–water partition coefficient (Wildman–Crippen LogP) is 3.61. The van der Waals surface area contributed by atoms with Crippen LogP contribution in [0.1, 0.15) is 59.4 Å². The standard InChI is InChI=1S/C22H29N3O3/c1-16-20(12-13-21(26)28-3)17(2)25(23-16)19-10-8-18(9-11-19)22(27)24-14-6-4-5-7-15-24/h8-11H,4-7,12-15H2,1-3H3. The normalized spacial score (nSPS) is 14.6. The summed E-state index contributed by atoms with van der Waals surface area (Å²) in [5.74, 6) is -0.108. The van der Waals surface area contributed by atoms with Gasteiger partial charge in [0.2, 0.25) is 0 Å². The van der Waals surface area contributed by atoms with Crippen molar-refractivity contribution in [2.24, 2.45) is 0 Å². The van der Waals surface area contributed by atoms with Crippen LogP contribution >= 0.6 is 0 Å². The monoisotopic (exact) mass is 383 g/mol. The van der Waals surface area contributed by atoms with Crippen molar-refractivity contribution in [1.82, 2.24) is 14.7 Å². The van der Waals surface area contributed by atoms with Gasteiger partial charge in [0, 0.05) is 30.8 Å². The van der Waals surface area contributed by atoms with Gasteiger partial charge in [-0.05, 0) is 62.9 Å². The van der Waals surface area contributed by atoms with Crippen LogP contribution in [0.3, 0.4) is 0 Å². The molecular weight excluding hydrogens is 354 g/mol. The maximum atomic E-state index is 12.8. The molecule has 0 spiro atoms. The number of carbonyl (C=O) groups excluding carboxylic acids is 2. The predicted molar refractivity (Wildman–Crippen MR) is 108 cm³/mol. The first-order valence-corrected chi connectivity index (χ1v) is 10.0. The molecule has 0 atom stereocenters. The van der Waals surface area contributed by atoms with Crippen LogP contribution in [0.15, 0.2) is 24.3 Å². The topological polar surface area (TPSA) is 64.4 Å². The van der Waals surface area contributed by atoms with Crippen LogP contribution in [0.25, 0.3) is 5.69 Å². The first-order valence-electron chi connectivity index (χ1n) is 10.0.